The minimum Gasteiger partial charge on any atom is -0.308 e. The molecule has 3 rings (SSSR count). The van der Waals surface area contributed by atoms with Gasteiger partial charge in [-0.15, -0.1) is 11.3 Å². The lowest BCUT2D eigenvalue weighted by Crippen LogP contribution is -2.39. The summed E-state index contributed by atoms with van der Waals surface area (Å²) in [5, 5.41) is 5.38. The first-order valence-electron chi connectivity index (χ1n) is 6.53. The molecule has 104 valence electrons. The molecule has 0 aliphatic carbocycles. The zero-order valence-corrected chi connectivity index (χ0v) is 13.5. The third-order valence-electron chi connectivity index (χ3n) is 3.44. The number of hydrogen-bond acceptors (Lipinski definition) is 3. The Morgan fingerprint density at radius 1 is 1.40 bits per heavy atom. The number of halogens is 1. The molecule has 1 unspecified atom stereocenters. The van der Waals surface area contributed by atoms with Crippen molar-refractivity contribution < 1.29 is 4.79 Å². The van der Waals surface area contributed by atoms with Gasteiger partial charge in [0.05, 0.1) is 0 Å². The van der Waals surface area contributed by atoms with Crippen molar-refractivity contribution in [3.05, 3.63) is 50.6 Å². The van der Waals surface area contributed by atoms with E-state index < -0.39 is 0 Å². The fraction of sp³-hybridized carbons (Fsp3) is 0.267. The van der Waals surface area contributed by atoms with Crippen molar-refractivity contribution in [1.82, 2.24) is 5.32 Å². The van der Waals surface area contributed by atoms with E-state index in [1.165, 1.54) is 11.3 Å². The molecule has 3 nitrogen and oxygen atoms in total. The molecule has 1 aliphatic heterocycles. The number of fused-ring (bicyclic) bond motifs is 1. The van der Waals surface area contributed by atoms with E-state index in [0.717, 1.165) is 27.1 Å². The van der Waals surface area contributed by atoms with Crippen LogP contribution in [0.1, 0.15) is 22.2 Å². The molecule has 1 aromatic heterocycles. The molecule has 1 atom stereocenters. The zero-order valence-electron chi connectivity index (χ0n) is 11.1. The number of benzene rings is 1. The van der Waals surface area contributed by atoms with Gasteiger partial charge in [0.1, 0.15) is 4.88 Å². The van der Waals surface area contributed by atoms with Crippen molar-refractivity contribution in [2.24, 2.45) is 0 Å². The second kappa shape index (κ2) is 5.68. The lowest BCUT2D eigenvalue weighted by atomic mass is 10.1. The normalized spacial score (nSPS) is 18.5. The highest BCUT2D eigenvalue weighted by Gasteiger charge is 2.26. The van der Waals surface area contributed by atoms with Crippen LogP contribution in [0.25, 0.3) is 0 Å². The molecule has 0 radical (unpaired) electrons. The van der Waals surface area contributed by atoms with Crippen LogP contribution in [-0.4, -0.2) is 18.5 Å². The molecule has 0 spiro atoms. The summed E-state index contributed by atoms with van der Waals surface area (Å²) in [5.41, 5.74) is 2.17. The molecule has 1 aliphatic rings. The highest BCUT2D eigenvalue weighted by atomic mass is 79.9. The maximum Gasteiger partial charge on any atom is 0.269 e. The molecule has 0 saturated heterocycles. The minimum atomic E-state index is 0.0647. The molecule has 1 amide bonds. The highest BCUT2D eigenvalue weighted by molar-refractivity contribution is 9.10. The number of carbonyl (C=O) groups excluding carboxylic acids is 1. The molecule has 20 heavy (non-hydrogen) atoms. The number of amides is 1. The van der Waals surface area contributed by atoms with Crippen LogP contribution in [0.4, 0.5) is 5.69 Å². The van der Waals surface area contributed by atoms with Gasteiger partial charge in [0.2, 0.25) is 0 Å². The largest absolute Gasteiger partial charge is 0.308 e. The minimum absolute atomic E-state index is 0.0647. The van der Waals surface area contributed by atoms with E-state index in [4.69, 9.17) is 0 Å². The Morgan fingerprint density at radius 2 is 2.20 bits per heavy atom. The Balaban J connectivity index is 2.03. The van der Waals surface area contributed by atoms with E-state index in [1.807, 2.05) is 34.5 Å². The SMILES string of the molecule is CC1CN(C(=O)c2sccc2Br)c2ccccc2CN1. The van der Waals surface area contributed by atoms with Crippen molar-refractivity contribution in [2.75, 3.05) is 11.4 Å². The summed E-state index contributed by atoms with van der Waals surface area (Å²) < 4.78 is 0.870. The fourth-order valence-corrected chi connectivity index (χ4v) is 3.89. The number of carbonyl (C=O) groups is 1. The van der Waals surface area contributed by atoms with Crippen molar-refractivity contribution in [3.8, 4) is 0 Å². The third kappa shape index (κ3) is 2.53. The fourth-order valence-electron chi connectivity index (χ4n) is 2.41. The molecule has 2 aromatic rings. The summed E-state index contributed by atoms with van der Waals surface area (Å²) in [5.74, 6) is 0.0647. The number of nitrogens with zero attached hydrogens (tertiary/aromatic N) is 1. The Bertz CT molecular complexity index is 640. The highest BCUT2D eigenvalue weighted by Crippen LogP contribution is 2.29. The van der Waals surface area contributed by atoms with Crippen molar-refractivity contribution in [2.45, 2.75) is 19.5 Å². The molecule has 0 saturated carbocycles. The van der Waals surface area contributed by atoms with Crippen molar-refractivity contribution in [3.63, 3.8) is 0 Å². The van der Waals surface area contributed by atoms with Crippen LogP contribution in [-0.2, 0) is 6.54 Å². The van der Waals surface area contributed by atoms with Gasteiger partial charge in [-0.1, -0.05) is 18.2 Å². The Hall–Kier alpha value is -1.17. The molecule has 5 heteroatoms. The van der Waals surface area contributed by atoms with Crippen LogP contribution in [0, 0.1) is 0 Å². The Labute approximate surface area is 130 Å². The number of para-hydroxylation sites is 1. The molecular formula is C15H15BrN2OS. The first-order chi connectivity index (χ1) is 9.66. The van der Waals surface area contributed by atoms with Gasteiger partial charge in [0.15, 0.2) is 0 Å². The Kier molecular flexibility index (Phi) is 3.92. The topological polar surface area (TPSA) is 32.3 Å². The van der Waals surface area contributed by atoms with Gasteiger partial charge in [-0.05, 0) is 45.9 Å². The van der Waals surface area contributed by atoms with E-state index in [1.54, 1.807) is 0 Å². The third-order valence-corrected chi connectivity index (χ3v) is 5.26. The summed E-state index contributed by atoms with van der Waals surface area (Å²) in [6.07, 6.45) is 0. The summed E-state index contributed by atoms with van der Waals surface area (Å²) in [4.78, 5) is 15.5. The summed E-state index contributed by atoms with van der Waals surface area (Å²) in [7, 11) is 0. The maximum atomic E-state index is 12.8. The second-order valence-electron chi connectivity index (χ2n) is 4.92. The van der Waals surface area contributed by atoms with Crippen LogP contribution in [0.5, 0.6) is 0 Å². The summed E-state index contributed by atoms with van der Waals surface area (Å²) in [6, 6.07) is 10.3. The van der Waals surface area contributed by atoms with E-state index in [9.17, 15) is 4.79 Å². The van der Waals surface area contributed by atoms with Gasteiger partial charge < -0.3 is 10.2 Å². The van der Waals surface area contributed by atoms with Gasteiger partial charge in [-0.2, -0.15) is 0 Å². The number of thiophene rings is 1. The van der Waals surface area contributed by atoms with Crippen LogP contribution in [0.15, 0.2) is 40.2 Å². The predicted octanol–water partition coefficient (Wildman–Crippen LogP) is 3.65. The van der Waals surface area contributed by atoms with Crippen molar-refractivity contribution in [1.29, 1.82) is 0 Å². The second-order valence-corrected chi connectivity index (χ2v) is 6.69. The predicted molar refractivity (Wildman–Crippen MR) is 86.4 cm³/mol. The van der Waals surface area contributed by atoms with Crippen LogP contribution in [0.2, 0.25) is 0 Å². The van der Waals surface area contributed by atoms with Gasteiger partial charge in [-0.3, -0.25) is 4.79 Å². The van der Waals surface area contributed by atoms with E-state index >= 15 is 0 Å². The standard InChI is InChI=1S/C15H15BrN2OS/c1-10-9-18(15(19)14-12(16)6-7-20-14)13-5-3-2-4-11(13)8-17-10/h2-7,10,17H,8-9H2,1H3. The first-order valence-corrected chi connectivity index (χ1v) is 8.20. The van der Waals surface area contributed by atoms with Crippen LogP contribution >= 0.6 is 27.3 Å². The average molecular weight is 351 g/mol. The lowest BCUT2D eigenvalue weighted by Gasteiger charge is -2.24. The smallest absolute Gasteiger partial charge is 0.269 e. The number of hydrogen-bond donors (Lipinski definition) is 1. The summed E-state index contributed by atoms with van der Waals surface area (Å²) >= 11 is 4.93. The van der Waals surface area contributed by atoms with Crippen molar-refractivity contribution >= 4 is 38.9 Å². The van der Waals surface area contributed by atoms with E-state index in [0.29, 0.717) is 6.54 Å². The van der Waals surface area contributed by atoms with Gasteiger partial charge in [0.25, 0.3) is 5.91 Å². The zero-order chi connectivity index (χ0) is 14.1. The molecule has 1 N–H and O–H groups in total. The number of anilines is 1. The number of rotatable bonds is 1. The average Bonchev–Trinajstić information content (AvgIpc) is 2.80. The van der Waals surface area contributed by atoms with E-state index in [-0.39, 0.29) is 11.9 Å². The first kappa shape index (κ1) is 13.8. The van der Waals surface area contributed by atoms with Gasteiger partial charge in [0, 0.05) is 29.3 Å². The lowest BCUT2D eigenvalue weighted by molar-refractivity contribution is 0.0988. The molecule has 0 bridgehead atoms. The molecular weight excluding hydrogens is 336 g/mol. The number of nitrogens with one attached hydrogen (secondary N) is 1. The molecule has 1 aromatic carbocycles. The monoisotopic (exact) mass is 350 g/mol. The maximum absolute atomic E-state index is 12.8. The quantitative estimate of drug-likeness (QED) is 0.851. The van der Waals surface area contributed by atoms with Gasteiger partial charge in [-0.25, -0.2) is 0 Å². The van der Waals surface area contributed by atoms with Crippen LogP contribution < -0.4 is 10.2 Å². The molecule has 2 heterocycles. The Morgan fingerprint density at radius 3 is 2.95 bits per heavy atom. The summed E-state index contributed by atoms with van der Waals surface area (Å²) in [6.45, 7) is 3.59. The van der Waals surface area contributed by atoms with Crippen LogP contribution in [0.3, 0.4) is 0 Å². The van der Waals surface area contributed by atoms with E-state index in [2.05, 4.69) is 34.2 Å². The molecule has 0 fully saturated rings. The van der Waals surface area contributed by atoms with Gasteiger partial charge >= 0.3 is 0 Å².